The lowest BCUT2D eigenvalue weighted by Gasteiger charge is -2.39. The number of rotatable bonds is 10. The number of aryl methyl sites for hydroxylation is 1. The van der Waals surface area contributed by atoms with Gasteiger partial charge in [-0.05, 0) is 88.5 Å². The maximum atomic E-state index is 14.3. The van der Waals surface area contributed by atoms with Crippen molar-refractivity contribution in [3.8, 4) is 17.0 Å². The summed E-state index contributed by atoms with van der Waals surface area (Å²) < 4.78 is 16.9. The number of carbonyl (C=O) groups excluding carboxylic acids is 2. The Bertz CT molecular complexity index is 1550. The van der Waals surface area contributed by atoms with Crippen LogP contribution in [0.5, 0.6) is 5.75 Å². The van der Waals surface area contributed by atoms with E-state index in [1.165, 1.54) is 0 Å². The predicted molar refractivity (Wildman–Crippen MR) is 181 cm³/mol. The first-order valence-corrected chi connectivity index (χ1v) is 17.5. The molecule has 0 aromatic carbocycles. The second-order valence-electron chi connectivity index (χ2n) is 14.1. The van der Waals surface area contributed by atoms with Crippen LogP contribution in [-0.4, -0.2) is 76.4 Å². The van der Waals surface area contributed by atoms with E-state index in [0.717, 1.165) is 54.1 Å². The fourth-order valence-corrected chi connectivity index (χ4v) is 7.32. The Morgan fingerprint density at radius 2 is 1.77 bits per heavy atom. The number of hydrogen-bond donors (Lipinski definition) is 1. The van der Waals surface area contributed by atoms with Crippen LogP contribution >= 0.6 is 0 Å². The summed E-state index contributed by atoms with van der Waals surface area (Å²) in [7, 11) is 1.67. The number of methoxy groups -OCH3 is 1. The van der Waals surface area contributed by atoms with Crippen molar-refractivity contribution in [3.05, 3.63) is 54.0 Å². The number of pyridine rings is 2. The molecule has 1 saturated heterocycles. The van der Waals surface area contributed by atoms with Crippen LogP contribution in [0.15, 0.2) is 41.1 Å². The van der Waals surface area contributed by atoms with Crippen LogP contribution in [0.2, 0.25) is 0 Å². The molecule has 4 heterocycles. The molecule has 1 aliphatic heterocycles. The zero-order valence-electron chi connectivity index (χ0n) is 28.6. The van der Waals surface area contributed by atoms with E-state index in [9.17, 15) is 14.7 Å². The molecular formula is C37H49N5O6. The average Bonchev–Trinajstić information content (AvgIpc) is 3.58. The number of amides is 2. The van der Waals surface area contributed by atoms with Crippen LogP contribution in [0.1, 0.15) is 94.3 Å². The zero-order valence-corrected chi connectivity index (χ0v) is 28.6. The number of carbonyl (C=O) groups is 2. The number of oxazole rings is 1. The van der Waals surface area contributed by atoms with Gasteiger partial charge in [-0.15, -0.1) is 0 Å². The number of aliphatic hydroxyl groups excluding tert-OH is 1. The molecule has 258 valence electrons. The SMILES string of the molecule is COc1ccc(C2CCC(CN(C(=O)C3CCC(OC(=O)N4CC(CO)C4)CC3)c3cc(-c4coc(C(C)C)n4)ccn3)CC2)nc1C. The molecule has 0 unspecified atom stereocenters. The van der Waals surface area contributed by atoms with Crippen molar-refractivity contribution in [1.29, 1.82) is 0 Å². The van der Waals surface area contributed by atoms with E-state index < -0.39 is 0 Å². The number of ether oxygens (including phenoxy) is 2. The molecule has 0 atom stereocenters. The molecule has 2 aliphatic carbocycles. The summed E-state index contributed by atoms with van der Waals surface area (Å²) in [6.07, 6.45) is 9.54. The topological polar surface area (TPSA) is 131 Å². The number of aromatic nitrogens is 3. The second-order valence-corrected chi connectivity index (χ2v) is 14.1. The monoisotopic (exact) mass is 659 g/mol. The van der Waals surface area contributed by atoms with Crippen molar-refractivity contribution in [2.24, 2.45) is 17.8 Å². The van der Waals surface area contributed by atoms with Gasteiger partial charge in [-0.2, -0.15) is 0 Å². The minimum absolute atomic E-state index is 0.0792. The van der Waals surface area contributed by atoms with Gasteiger partial charge in [0.15, 0.2) is 5.89 Å². The summed E-state index contributed by atoms with van der Waals surface area (Å²) in [5, 5.41) is 9.26. The molecule has 2 amide bonds. The first-order valence-electron chi connectivity index (χ1n) is 17.5. The maximum absolute atomic E-state index is 14.3. The molecule has 48 heavy (non-hydrogen) atoms. The Kier molecular flexibility index (Phi) is 10.6. The lowest BCUT2D eigenvalue weighted by atomic mass is 9.79. The van der Waals surface area contributed by atoms with E-state index in [2.05, 4.69) is 11.1 Å². The smallest absolute Gasteiger partial charge is 0.410 e. The molecule has 0 radical (unpaired) electrons. The highest BCUT2D eigenvalue weighted by Crippen LogP contribution is 2.38. The quantitative estimate of drug-likeness (QED) is 0.259. The van der Waals surface area contributed by atoms with Gasteiger partial charge in [0.1, 0.15) is 29.6 Å². The highest BCUT2D eigenvalue weighted by Gasteiger charge is 2.36. The summed E-state index contributed by atoms with van der Waals surface area (Å²) in [5.41, 5.74) is 3.62. The lowest BCUT2D eigenvalue weighted by molar-refractivity contribution is -0.124. The van der Waals surface area contributed by atoms with Gasteiger partial charge in [0.25, 0.3) is 0 Å². The van der Waals surface area contributed by atoms with E-state index in [1.807, 2.05) is 43.9 Å². The normalized spacial score (nSPS) is 23.1. The Hall–Kier alpha value is -3.99. The number of nitrogens with zero attached hydrogens (tertiary/aromatic N) is 5. The molecule has 3 aliphatic rings. The third kappa shape index (κ3) is 7.66. The number of anilines is 1. The van der Waals surface area contributed by atoms with Crippen LogP contribution in [0.3, 0.4) is 0 Å². The third-order valence-corrected chi connectivity index (χ3v) is 10.3. The molecule has 0 spiro atoms. The molecule has 6 rings (SSSR count). The molecule has 1 N–H and O–H groups in total. The van der Waals surface area contributed by atoms with Crippen LogP contribution in [-0.2, 0) is 9.53 Å². The third-order valence-electron chi connectivity index (χ3n) is 10.3. The minimum atomic E-state index is -0.318. The van der Waals surface area contributed by atoms with E-state index in [4.69, 9.17) is 23.9 Å². The van der Waals surface area contributed by atoms with Gasteiger partial charge in [0, 0.05) is 67.4 Å². The van der Waals surface area contributed by atoms with E-state index in [1.54, 1.807) is 24.5 Å². The summed E-state index contributed by atoms with van der Waals surface area (Å²) in [4.78, 5) is 44.7. The maximum Gasteiger partial charge on any atom is 0.410 e. The van der Waals surface area contributed by atoms with Crippen molar-refractivity contribution < 1.29 is 28.6 Å². The molecule has 3 aromatic heterocycles. The van der Waals surface area contributed by atoms with Crippen LogP contribution < -0.4 is 9.64 Å². The molecule has 0 bridgehead atoms. The number of likely N-dealkylation sites (tertiary alicyclic amines) is 1. The molecule has 3 aromatic rings. The molecular weight excluding hydrogens is 610 g/mol. The summed E-state index contributed by atoms with van der Waals surface area (Å²) in [6, 6.07) is 7.95. The number of hydrogen-bond acceptors (Lipinski definition) is 9. The standard InChI is InChI=1S/C37H49N5O6/c1-23(2)35-40-32(22-47-35)29-15-16-38-34(17-29)42(20-25-5-7-27(8-6-25)31-13-14-33(46-4)24(3)39-31)36(44)28-9-11-30(12-10-28)48-37(45)41-18-26(19-41)21-43/h13-17,22-23,25-28,30,43H,5-12,18-21H2,1-4H3. The van der Waals surface area contributed by atoms with Gasteiger partial charge in [-0.3, -0.25) is 14.7 Å². The van der Waals surface area contributed by atoms with Crippen molar-refractivity contribution in [3.63, 3.8) is 0 Å². The highest BCUT2D eigenvalue weighted by molar-refractivity contribution is 5.94. The van der Waals surface area contributed by atoms with Crippen LogP contribution in [0, 0.1) is 24.7 Å². The molecule has 11 nitrogen and oxygen atoms in total. The Morgan fingerprint density at radius 3 is 2.42 bits per heavy atom. The van der Waals surface area contributed by atoms with Gasteiger partial charge >= 0.3 is 6.09 Å². The van der Waals surface area contributed by atoms with Crippen LogP contribution in [0.25, 0.3) is 11.3 Å². The second kappa shape index (κ2) is 15.1. The summed E-state index contributed by atoms with van der Waals surface area (Å²) in [6.45, 7) is 7.83. The van der Waals surface area contributed by atoms with Crippen molar-refractivity contribution >= 4 is 17.8 Å². The molecule has 2 saturated carbocycles. The fraction of sp³-hybridized carbons (Fsp3) is 0.595. The average molecular weight is 660 g/mol. The molecule has 3 fully saturated rings. The zero-order chi connectivity index (χ0) is 33.8. The van der Waals surface area contributed by atoms with Crippen molar-refractivity contribution in [2.45, 2.75) is 90.1 Å². The lowest BCUT2D eigenvalue weighted by Crippen LogP contribution is -2.52. The van der Waals surface area contributed by atoms with Gasteiger partial charge in [0.2, 0.25) is 5.91 Å². The van der Waals surface area contributed by atoms with E-state index in [0.29, 0.717) is 68.9 Å². The van der Waals surface area contributed by atoms with Crippen LogP contribution in [0.4, 0.5) is 10.6 Å². The minimum Gasteiger partial charge on any atom is -0.495 e. The Balaban J connectivity index is 1.14. The fourth-order valence-electron chi connectivity index (χ4n) is 7.32. The van der Waals surface area contributed by atoms with E-state index >= 15 is 0 Å². The summed E-state index contributed by atoms with van der Waals surface area (Å²) in [5.74, 6) is 3.06. The van der Waals surface area contributed by atoms with E-state index in [-0.39, 0.29) is 42.5 Å². The van der Waals surface area contributed by atoms with Gasteiger partial charge in [-0.1, -0.05) is 13.8 Å². The molecule has 11 heteroatoms. The van der Waals surface area contributed by atoms with Crippen molar-refractivity contribution in [1.82, 2.24) is 19.9 Å². The largest absolute Gasteiger partial charge is 0.495 e. The first-order chi connectivity index (χ1) is 23.2. The Morgan fingerprint density at radius 1 is 1.02 bits per heavy atom. The number of aliphatic hydroxyl groups is 1. The first kappa shape index (κ1) is 33.9. The predicted octanol–water partition coefficient (Wildman–Crippen LogP) is 6.50. The van der Waals surface area contributed by atoms with Gasteiger partial charge < -0.3 is 23.9 Å². The van der Waals surface area contributed by atoms with Gasteiger partial charge in [-0.25, -0.2) is 14.8 Å². The summed E-state index contributed by atoms with van der Waals surface area (Å²) >= 11 is 0. The highest BCUT2D eigenvalue weighted by atomic mass is 16.6. The van der Waals surface area contributed by atoms with Crippen molar-refractivity contribution in [2.75, 3.05) is 38.3 Å². The Labute approximate surface area is 283 Å². The van der Waals surface area contributed by atoms with Gasteiger partial charge in [0.05, 0.1) is 12.8 Å².